The topological polar surface area (TPSA) is 45.2 Å². The zero-order chi connectivity index (χ0) is 10.6. The van der Waals surface area contributed by atoms with E-state index in [4.69, 9.17) is 23.2 Å². The Morgan fingerprint density at radius 2 is 2.36 bits per heavy atom. The van der Waals surface area contributed by atoms with Gasteiger partial charge in [-0.3, -0.25) is 15.2 Å². The second-order valence-corrected chi connectivity index (χ2v) is 3.20. The van der Waals surface area contributed by atoms with Crippen molar-refractivity contribution in [2.45, 2.75) is 0 Å². The van der Waals surface area contributed by atoms with E-state index in [0.717, 1.165) is 0 Å². The van der Waals surface area contributed by atoms with Crippen LogP contribution in [0.4, 0.5) is 5.82 Å². The number of rotatable bonds is 3. The zero-order valence-corrected chi connectivity index (χ0v) is 9.01. The molecule has 1 amide bonds. The van der Waals surface area contributed by atoms with Gasteiger partial charge in [-0.25, -0.2) is 4.98 Å². The summed E-state index contributed by atoms with van der Waals surface area (Å²) in [6.07, 6.45) is 0. The first-order chi connectivity index (χ1) is 6.63. The van der Waals surface area contributed by atoms with E-state index >= 15 is 0 Å². The summed E-state index contributed by atoms with van der Waals surface area (Å²) in [6.45, 7) is 0. The highest BCUT2D eigenvalue weighted by atomic mass is 35.5. The molecule has 0 spiro atoms. The van der Waals surface area contributed by atoms with E-state index in [9.17, 15) is 4.79 Å². The molecule has 0 saturated carbocycles. The molecule has 1 heterocycles. The molecule has 0 aromatic carbocycles. The van der Waals surface area contributed by atoms with Crippen molar-refractivity contribution >= 4 is 34.9 Å². The molecule has 0 bridgehead atoms. The van der Waals surface area contributed by atoms with Crippen molar-refractivity contribution in [1.29, 1.82) is 0 Å². The van der Waals surface area contributed by atoms with E-state index in [1.54, 1.807) is 25.2 Å². The number of carbonyl (C=O) groups excluding carboxylic acids is 1. The Labute approximate surface area is 91.8 Å². The van der Waals surface area contributed by atoms with Gasteiger partial charge >= 0.3 is 0 Å². The number of nitrogens with one attached hydrogen (secondary N) is 1. The molecular formula is C8H9Cl2N3O. The number of hydrazine groups is 1. The number of amides is 1. The Morgan fingerprint density at radius 1 is 1.64 bits per heavy atom. The predicted molar refractivity (Wildman–Crippen MR) is 56.5 cm³/mol. The fourth-order valence-corrected chi connectivity index (χ4v) is 1.08. The molecule has 0 radical (unpaired) electrons. The van der Waals surface area contributed by atoms with Crippen molar-refractivity contribution in [2.75, 3.05) is 17.9 Å². The summed E-state index contributed by atoms with van der Waals surface area (Å²) in [5.74, 6) is 0.164. The summed E-state index contributed by atoms with van der Waals surface area (Å²) >= 11 is 11.0. The molecule has 0 aliphatic carbocycles. The third-order valence-corrected chi connectivity index (χ3v) is 1.91. The van der Waals surface area contributed by atoms with Crippen molar-refractivity contribution in [3.63, 3.8) is 0 Å². The van der Waals surface area contributed by atoms with Gasteiger partial charge in [-0.2, -0.15) is 0 Å². The maximum Gasteiger partial charge on any atom is 0.253 e. The average molecular weight is 234 g/mol. The van der Waals surface area contributed by atoms with Gasteiger partial charge in [0.15, 0.2) is 0 Å². The SMILES string of the molecule is CN(NC(=O)CCl)c1cccc(Cl)n1. The Balaban J connectivity index is 2.69. The standard InChI is InChI=1S/C8H9Cl2N3O/c1-13(12-8(14)5-9)7-4-2-3-6(10)11-7/h2-4H,5H2,1H3,(H,12,14). The second-order valence-electron chi connectivity index (χ2n) is 2.55. The first-order valence-corrected chi connectivity index (χ1v) is 4.76. The molecule has 0 fully saturated rings. The summed E-state index contributed by atoms with van der Waals surface area (Å²) in [6, 6.07) is 5.12. The lowest BCUT2D eigenvalue weighted by molar-refractivity contribution is -0.118. The fourth-order valence-electron chi connectivity index (χ4n) is 0.859. The number of hydrogen-bond acceptors (Lipinski definition) is 3. The minimum Gasteiger partial charge on any atom is -0.272 e. The van der Waals surface area contributed by atoms with Crippen LogP contribution in [0.25, 0.3) is 0 Å². The van der Waals surface area contributed by atoms with Crippen LogP contribution in [0.2, 0.25) is 5.15 Å². The molecule has 6 heteroatoms. The van der Waals surface area contributed by atoms with Crippen LogP contribution in [0.3, 0.4) is 0 Å². The average Bonchev–Trinajstić information content (AvgIpc) is 2.17. The Kier molecular flexibility index (Phi) is 3.98. The van der Waals surface area contributed by atoms with E-state index in [1.165, 1.54) is 5.01 Å². The quantitative estimate of drug-likeness (QED) is 0.489. The van der Waals surface area contributed by atoms with Gasteiger partial charge in [-0.1, -0.05) is 17.7 Å². The molecule has 0 aliphatic rings. The van der Waals surface area contributed by atoms with E-state index in [1.807, 2.05) is 0 Å². The number of aromatic nitrogens is 1. The van der Waals surface area contributed by atoms with E-state index in [0.29, 0.717) is 11.0 Å². The predicted octanol–water partition coefficient (Wildman–Crippen LogP) is 1.44. The van der Waals surface area contributed by atoms with Crippen LogP contribution >= 0.6 is 23.2 Å². The summed E-state index contributed by atoms with van der Waals surface area (Å²) in [7, 11) is 1.66. The van der Waals surface area contributed by atoms with Crippen molar-refractivity contribution in [3.8, 4) is 0 Å². The minimum atomic E-state index is -0.295. The third kappa shape index (κ3) is 3.05. The van der Waals surface area contributed by atoms with Crippen LogP contribution < -0.4 is 10.4 Å². The second kappa shape index (κ2) is 5.02. The fraction of sp³-hybridized carbons (Fsp3) is 0.250. The lowest BCUT2D eigenvalue weighted by atomic mass is 10.4. The van der Waals surface area contributed by atoms with Gasteiger partial charge in [0, 0.05) is 7.05 Å². The first-order valence-electron chi connectivity index (χ1n) is 3.85. The molecule has 1 aromatic rings. The van der Waals surface area contributed by atoms with Gasteiger partial charge in [0.1, 0.15) is 16.9 Å². The molecule has 76 valence electrons. The maximum absolute atomic E-state index is 10.9. The van der Waals surface area contributed by atoms with Crippen molar-refractivity contribution in [1.82, 2.24) is 10.4 Å². The number of halogens is 2. The number of carbonyl (C=O) groups is 1. The number of pyridine rings is 1. The van der Waals surface area contributed by atoms with Gasteiger partial charge in [0.05, 0.1) is 0 Å². The normalized spacial score (nSPS) is 9.64. The monoisotopic (exact) mass is 233 g/mol. The number of hydrogen-bond donors (Lipinski definition) is 1. The highest BCUT2D eigenvalue weighted by Crippen LogP contribution is 2.11. The largest absolute Gasteiger partial charge is 0.272 e. The smallest absolute Gasteiger partial charge is 0.253 e. The van der Waals surface area contributed by atoms with Gasteiger partial charge in [-0.15, -0.1) is 11.6 Å². The lowest BCUT2D eigenvalue weighted by Crippen LogP contribution is -2.40. The van der Waals surface area contributed by atoms with Gasteiger partial charge in [0.2, 0.25) is 0 Å². The Hall–Kier alpha value is -1.00. The summed E-state index contributed by atoms with van der Waals surface area (Å²) < 4.78 is 0. The summed E-state index contributed by atoms with van der Waals surface area (Å²) in [5, 5.41) is 1.82. The molecule has 1 aromatic heterocycles. The number of nitrogens with zero attached hydrogens (tertiary/aromatic N) is 2. The molecule has 0 atom stereocenters. The molecule has 4 nitrogen and oxygen atoms in total. The van der Waals surface area contributed by atoms with Crippen molar-refractivity contribution in [3.05, 3.63) is 23.4 Å². The Bertz CT molecular complexity index is 332. The van der Waals surface area contributed by atoms with Crippen LogP contribution in [0, 0.1) is 0 Å². The first kappa shape index (κ1) is 11.1. The number of alkyl halides is 1. The van der Waals surface area contributed by atoms with Crippen molar-refractivity contribution < 1.29 is 4.79 Å². The van der Waals surface area contributed by atoms with Crippen LogP contribution in [0.15, 0.2) is 18.2 Å². The maximum atomic E-state index is 10.9. The van der Waals surface area contributed by atoms with E-state index in [2.05, 4.69) is 10.4 Å². The van der Waals surface area contributed by atoms with E-state index < -0.39 is 0 Å². The highest BCUT2D eigenvalue weighted by Gasteiger charge is 2.05. The molecule has 0 unspecified atom stereocenters. The highest BCUT2D eigenvalue weighted by molar-refractivity contribution is 6.29. The zero-order valence-electron chi connectivity index (χ0n) is 7.50. The van der Waals surface area contributed by atoms with Crippen LogP contribution in [-0.2, 0) is 4.79 Å². The molecular weight excluding hydrogens is 225 g/mol. The molecule has 0 aliphatic heterocycles. The Morgan fingerprint density at radius 3 is 2.93 bits per heavy atom. The van der Waals surface area contributed by atoms with Gasteiger partial charge in [0.25, 0.3) is 5.91 Å². The number of anilines is 1. The van der Waals surface area contributed by atoms with E-state index in [-0.39, 0.29) is 11.8 Å². The van der Waals surface area contributed by atoms with Crippen molar-refractivity contribution in [2.24, 2.45) is 0 Å². The van der Waals surface area contributed by atoms with Crippen LogP contribution in [0.1, 0.15) is 0 Å². The molecule has 0 saturated heterocycles. The molecule has 14 heavy (non-hydrogen) atoms. The van der Waals surface area contributed by atoms with Gasteiger partial charge in [-0.05, 0) is 12.1 Å². The lowest BCUT2D eigenvalue weighted by Gasteiger charge is -2.18. The third-order valence-electron chi connectivity index (χ3n) is 1.46. The summed E-state index contributed by atoms with van der Waals surface area (Å²) in [4.78, 5) is 14.9. The van der Waals surface area contributed by atoms with Crippen LogP contribution in [-0.4, -0.2) is 23.8 Å². The van der Waals surface area contributed by atoms with Gasteiger partial charge < -0.3 is 0 Å². The summed E-state index contributed by atoms with van der Waals surface area (Å²) in [5.41, 5.74) is 2.51. The minimum absolute atomic E-state index is 0.0924. The molecule has 1 rings (SSSR count). The molecule has 1 N–H and O–H groups in total. The van der Waals surface area contributed by atoms with Crippen LogP contribution in [0.5, 0.6) is 0 Å².